The highest BCUT2D eigenvalue weighted by molar-refractivity contribution is 5.77. The number of amides is 1. The lowest BCUT2D eigenvalue weighted by atomic mass is 10.0. The van der Waals surface area contributed by atoms with Crippen molar-refractivity contribution in [2.24, 2.45) is 0 Å². The van der Waals surface area contributed by atoms with E-state index in [4.69, 9.17) is 10.5 Å². The Hall–Kier alpha value is -2.33. The normalized spacial score (nSPS) is 20.8. The average Bonchev–Trinajstić information content (AvgIpc) is 2.61. The molecule has 2 aromatic rings. The van der Waals surface area contributed by atoms with Crippen molar-refractivity contribution in [1.29, 1.82) is 0 Å². The van der Waals surface area contributed by atoms with E-state index in [1.165, 1.54) is 0 Å². The molecule has 4 heteroatoms. The van der Waals surface area contributed by atoms with Crippen molar-refractivity contribution in [3.05, 3.63) is 65.7 Å². The lowest BCUT2D eigenvalue weighted by Gasteiger charge is -2.39. The smallest absolute Gasteiger partial charge is 0.223 e. The van der Waals surface area contributed by atoms with Gasteiger partial charge in [0.05, 0.1) is 18.8 Å². The highest BCUT2D eigenvalue weighted by atomic mass is 16.5. The second-order valence-corrected chi connectivity index (χ2v) is 6.32. The molecule has 1 aliphatic heterocycles. The summed E-state index contributed by atoms with van der Waals surface area (Å²) in [5.74, 6) is 0.155. The Morgan fingerprint density at radius 3 is 2.62 bits per heavy atom. The highest BCUT2D eigenvalue weighted by Gasteiger charge is 2.31. The second-order valence-electron chi connectivity index (χ2n) is 6.32. The number of benzene rings is 2. The van der Waals surface area contributed by atoms with E-state index in [1.54, 1.807) is 0 Å². The number of para-hydroxylation sites is 1. The SMILES string of the molecule is C[C@@H]1CN(C(=O)CCc2ccccc2N)[C@H](c2ccccc2)CO1. The van der Waals surface area contributed by atoms with E-state index >= 15 is 0 Å². The molecule has 1 saturated heterocycles. The Kier molecular flexibility index (Phi) is 5.16. The number of rotatable bonds is 4. The van der Waals surface area contributed by atoms with E-state index < -0.39 is 0 Å². The zero-order valence-corrected chi connectivity index (χ0v) is 14.0. The molecule has 1 amide bonds. The monoisotopic (exact) mass is 324 g/mol. The van der Waals surface area contributed by atoms with Crippen LogP contribution in [0.4, 0.5) is 5.69 Å². The molecule has 24 heavy (non-hydrogen) atoms. The van der Waals surface area contributed by atoms with E-state index in [2.05, 4.69) is 12.1 Å². The highest BCUT2D eigenvalue weighted by Crippen LogP contribution is 2.27. The molecule has 1 aliphatic rings. The van der Waals surface area contributed by atoms with Gasteiger partial charge in [-0.05, 0) is 30.5 Å². The average molecular weight is 324 g/mol. The van der Waals surface area contributed by atoms with Crippen LogP contribution in [0.15, 0.2) is 54.6 Å². The number of ether oxygens (including phenoxy) is 1. The van der Waals surface area contributed by atoms with E-state index in [-0.39, 0.29) is 18.1 Å². The minimum Gasteiger partial charge on any atom is -0.399 e. The molecule has 0 saturated carbocycles. The fourth-order valence-corrected chi connectivity index (χ4v) is 3.18. The van der Waals surface area contributed by atoms with Crippen LogP contribution in [0.25, 0.3) is 0 Å². The summed E-state index contributed by atoms with van der Waals surface area (Å²) in [4.78, 5) is 14.8. The zero-order chi connectivity index (χ0) is 16.9. The first-order valence-corrected chi connectivity index (χ1v) is 8.44. The fourth-order valence-electron chi connectivity index (χ4n) is 3.18. The summed E-state index contributed by atoms with van der Waals surface area (Å²) in [5.41, 5.74) is 8.88. The van der Waals surface area contributed by atoms with Crippen molar-refractivity contribution in [3.8, 4) is 0 Å². The van der Waals surface area contributed by atoms with Crippen molar-refractivity contribution in [2.45, 2.75) is 31.9 Å². The third-order valence-corrected chi connectivity index (χ3v) is 4.54. The van der Waals surface area contributed by atoms with Gasteiger partial charge >= 0.3 is 0 Å². The Bertz CT molecular complexity index is 687. The van der Waals surface area contributed by atoms with Crippen LogP contribution in [0, 0.1) is 0 Å². The molecule has 4 nitrogen and oxygen atoms in total. The molecular formula is C20H24N2O2. The Balaban J connectivity index is 1.71. The van der Waals surface area contributed by atoms with Gasteiger partial charge in [0.25, 0.3) is 0 Å². The summed E-state index contributed by atoms with van der Waals surface area (Å²) in [5, 5.41) is 0. The molecule has 0 aromatic heterocycles. The van der Waals surface area contributed by atoms with Crippen molar-refractivity contribution in [2.75, 3.05) is 18.9 Å². The van der Waals surface area contributed by atoms with Crippen LogP contribution in [0.3, 0.4) is 0 Å². The number of anilines is 1. The maximum atomic E-state index is 12.8. The van der Waals surface area contributed by atoms with Gasteiger partial charge in [0.15, 0.2) is 0 Å². The van der Waals surface area contributed by atoms with Crippen LogP contribution in [-0.4, -0.2) is 30.1 Å². The molecule has 0 aliphatic carbocycles. The number of aryl methyl sites for hydroxylation is 1. The number of carbonyl (C=O) groups is 1. The number of hydrogen-bond donors (Lipinski definition) is 1. The first-order chi connectivity index (χ1) is 11.6. The molecule has 0 unspecified atom stereocenters. The molecule has 0 spiro atoms. The molecule has 1 heterocycles. The van der Waals surface area contributed by atoms with E-state index in [0.29, 0.717) is 26.0 Å². The lowest BCUT2D eigenvalue weighted by Crippen LogP contribution is -2.46. The first-order valence-electron chi connectivity index (χ1n) is 8.44. The van der Waals surface area contributed by atoms with Gasteiger partial charge in [0.1, 0.15) is 0 Å². The number of nitrogens with two attached hydrogens (primary N) is 1. The Morgan fingerprint density at radius 2 is 1.88 bits per heavy atom. The van der Waals surface area contributed by atoms with Crippen molar-refractivity contribution in [3.63, 3.8) is 0 Å². The molecule has 0 bridgehead atoms. The maximum Gasteiger partial charge on any atom is 0.223 e. The minimum absolute atomic E-state index is 0.0111. The van der Waals surface area contributed by atoms with Crippen LogP contribution in [-0.2, 0) is 16.0 Å². The molecule has 0 radical (unpaired) electrons. The topological polar surface area (TPSA) is 55.6 Å². The number of hydrogen-bond acceptors (Lipinski definition) is 3. The summed E-state index contributed by atoms with van der Waals surface area (Å²) >= 11 is 0. The van der Waals surface area contributed by atoms with Gasteiger partial charge in [-0.25, -0.2) is 0 Å². The van der Waals surface area contributed by atoms with Gasteiger partial charge in [0, 0.05) is 18.7 Å². The third-order valence-electron chi connectivity index (χ3n) is 4.54. The first kappa shape index (κ1) is 16.5. The third kappa shape index (κ3) is 3.77. The van der Waals surface area contributed by atoms with E-state index in [9.17, 15) is 4.79 Å². The Labute approximate surface area is 143 Å². The standard InChI is InChI=1S/C20H24N2O2/c1-15-13-22(19(14-24-15)17-8-3-2-4-9-17)20(23)12-11-16-7-5-6-10-18(16)21/h2-10,15,19H,11-14,21H2,1H3/t15-,19+/m1/s1. The molecule has 2 N–H and O–H groups in total. The van der Waals surface area contributed by atoms with Gasteiger partial charge in [-0.1, -0.05) is 48.5 Å². The van der Waals surface area contributed by atoms with Crippen LogP contribution in [0.1, 0.15) is 30.5 Å². The maximum absolute atomic E-state index is 12.8. The van der Waals surface area contributed by atoms with Crippen molar-refractivity contribution in [1.82, 2.24) is 4.90 Å². The summed E-state index contributed by atoms with van der Waals surface area (Å²) < 4.78 is 5.79. The van der Waals surface area contributed by atoms with Crippen LogP contribution < -0.4 is 5.73 Å². The molecular weight excluding hydrogens is 300 g/mol. The minimum atomic E-state index is -0.0111. The number of carbonyl (C=O) groups excluding carboxylic acids is 1. The summed E-state index contributed by atoms with van der Waals surface area (Å²) in [6, 6.07) is 17.8. The predicted molar refractivity (Wildman–Crippen MR) is 95.5 cm³/mol. The molecule has 2 aromatic carbocycles. The molecule has 1 fully saturated rings. The summed E-state index contributed by atoms with van der Waals surface area (Å²) in [7, 11) is 0. The van der Waals surface area contributed by atoms with Gasteiger partial charge in [-0.3, -0.25) is 4.79 Å². The van der Waals surface area contributed by atoms with Gasteiger partial charge in [0.2, 0.25) is 5.91 Å². The number of nitrogen functional groups attached to an aromatic ring is 1. The van der Waals surface area contributed by atoms with E-state index in [1.807, 2.05) is 54.3 Å². The molecule has 2 atom stereocenters. The number of morpholine rings is 1. The molecule has 3 rings (SSSR count). The molecule has 126 valence electrons. The van der Waals surface area contributed by atoms with Crippen molar-refractivity contribution >= 4 is 11.6 Å². The van der Waals surface area contributed by atoms with E-state index in [0.717, 1.165) is 16.8 Å². The van der Waals surface area contributed by atoms with Gasteiger partial charge < -0.3 is 15.4 Å². The largest absolute Gasteiger partial charge is 0.399 e. The van der Waals surface area contributed by atoms with Crippen LogP contribution >= 0.6 is 0 Å². The number of nitrogens with zero attached hydrogens (tertiary/aromatic N) is 1. The summed E-state index contributed by atoms with van der Waals surface area (Å²) in [6.07, 6.45) is 1.19. The van der Waals surface area contributed by atoms with Crippen LogP contribution in [0.5, 0.6) is 0 Å². The second kappa shape index (κ2) is 7.49. The Morgan fingerprint density at radius 1 is 1.17 bits per heavy atom. The van der Waals surface area contributed by atoms with Gasteiger partial charge in [-0.2, -0.15) is 0 Å². The van der Waals surface area contributed by atoms with Gasteiger partial charge in [-0.15, -0.1) is 0 Å². The summed E-state index contributed by atoms with van der Waals surface area (Å²) in [6.45, 7) is 3.18. The van der Waals surface area contributed by atoms with Crippen LogP contribution in [0.2, 0.25) is 0 Å². The predicted octanol–water partition coefficient (Wildman–Crippen LogP) is 3.19. The zero-order valence-electron chi connectivity index (χ0n) is 14.0. The lowest BCUT2D eigenvalue weighted by molar-refractivity contribution is -0.144. The quantitative estimate of drug-likeness (QED) is 0.879. The fraction of sp³-hybridized carbons (Fsp3) is 0.350. The van der Waals surface area contributed by atoms with Crippen molar-refractivity contribution < 1.29 is 9.53 Å².